The number of hydrogen-bond acceptors (Lipinski definition) is 3. The van der Waals surface area contributed by atoms with Gasteiger partial charge in [0, 0.05) is 22.8 Å². The van der Waals surface area contributed by atoms with Crippen molar-refractivity contribution in [3.05, 3.63) is 53.7 Å². The number of ether oxygens (including phenoxy) is 1. The zero-order chi connectivity index (χ0) is 13.2. The van der Waals surface area contributed by atoms with Gasteiger partial charge in [0.15, 0.2) is 0 Å². The van der Waals surface area contributed by atoms with E-state index in [2.05, 4.69) is 27.9 Å². The molecule has 0 radical (unpaired) electrons. The molecule has 0 N–H and O–H groups in total. The van der Waals surface area contributed by atoms with Gasteiger partial charge in [0.25, 0.3) is 0 Å². The first-order valence-electron chi connectivity index (χ1n) is 6.02. The average Bonchev–Trinajstić information content (AvgIpc) is 3.07. The molecule has 0 aliphatic carbocycles. The van der Waals surface area contributed by atoms with Crippen LogP contribution < -0.4 is 4.74 Å². The third kappa shape index (κ3) is 2.27. The molecule has 2 aromatic heterocycles. The van der Waals surface area contributed by atoms with Gasteiger partial charge >= 0.3 is 0 Å². The zero-order valence-electron chi connectivity index (χ0n) is 10.8. The van der Waals surface area contributed by atoms with Crippen LogP contribution in [0.2, 0.25) is 0 Å². The molecule has 3 aromatic rings. The molecule has 0 saturated carbocycles. The standard InChI is InChI=1S/C15H14N2OS/c1-11-4-3-9-17(11)14-10-19-15(16-14)12-5-7-13(18-2)8-6-12/h3-10H,1-2H3. The quantitative estimate of drug-likeness (QED) is 0.721. The third-order valence-electron chi connectivity index (χ3n) is 3.03. The minimum absolute atomic E-state index is 0.863. The molecule has 4 heteroatoms. The number of methoxy groups -OCH3 is 1. The van der Waals surface area contributed by atoms with Gasteiger partial charge in [-0.1, -0.05) is 0 Å². The highest BCUT2D eigenvalue weighted by atomic mass is 32.1. The van der Waals surface area contributed by atoms with Gasteiger partial charge in [-0.2, -0.15) is 0 Å². The first-order valence-corrected chi connectivity index (χ1v) is 6.90. The molecule has 3 rings (SSSR count). The van der Waals surface area contributed by atoms with E-state index >= 15 is 0 Å². The Morgan fingerprint density at radius 3 is 2.58 bits per heavy atom. The Morgan fingerprint density at radius 1 is 1.16 bits per heavy atom. The van der Waals surface area contributed by atoms with E-state index < -0.39 is 0 Å². The van der Waals surface area contributed by atoms with Crippen LogP contribution in [0.5, 0.6) is 5.75 Å². The monoisotopic (exact) mass is 270 g/mol. The van der Waals surface area contributed by atoms with Gasteiger partial charge in [0.2, 0.25) is 0 Å². The van der Waals surface area contributed by atoms with Crippen molar-refractivity contribution in [3.8, 4) is 22.1 Å². The Bertz CT molecular complexity index is 682. The van der Waals surface area contributed by atoms with Crippen molar-refractivity contribution in [2.45, 2.75) is 6.92 Å². The number of benzene rings is 1. The fourth-order valence-electron chi connectivity index (χ4n) is 1.97. The molecule has 96 valence electrons. The molecule has 3 nitrogen and oxygen atoms in total. The molecule has 0 atom stereocenters. The summed E-state index contributed by atoms with van der Waals surface area (Å²) in [5.74, 6) is 1.83. The van der Waals surface area contributed by atoms with Crippen LogP contribution in [0, 0.1) is 6.92 Å². The lowest BCUT2D eigenvalue weighted by Crippen LogP contribution is -1.94. The Labute approximate surface area is 116 Å². The number of thiazole rings is 1. The number of rotatable bonds is 3. The van der Waals surface area contributed by atoms with E-state index in [4.69, 9.17) is 4.74 Å². The molecule has 0 fully saturated rings. The maximum Gasteiger partial charge on any atom is 0.148 e. The normalized spacial score (nSPS) is 10.6. The van der Waals surface area contributed by atoms with Crippen molar-refractivity contribution in [1.82, 2.24) is 9.55 Å². The molecule has 0 spiro atoms. The molecule has 0 amide bonds. The van der Waals surface area contributed by atoms with Gasteiger partial charge in [0.1, 0.15) is 16.6 Å². The fourth-order valence-corrected chi connectivity index (χ4v) is 2.77. The van der Waals surface area contributed by atoms with Gasteiger partial charge in [-0.3, -0.25) is 0 Å². The van der Waals surface area contributed by atoms with E-state index in [1.54, 1.807) is 18.4 Å². The molecule has 0 bridgehead atoms. The van der Waals surface area contributed by atoms with Crippen molar-refractivity contribution in [3.63, 3.8) is 0 Å². The summed E-state index contributed by atoms with van der Waals surface area (Å²) in [5.41, 5.74) is 2.30. The second kappa shape index (κ2) is 4.90. The number of hydrogen-bond donors (Lipinski definition) is 0. The van der Waals surface area contributed by atoms with Crippen LogP contribution in [0.3, 0.4) is 0 Å². The second-order valence-electron chi connectivity index (χ2n) is 4.26. The summed E-state index contributed by atoms with van der Waals surface area (Å²) in [6, 6.07) is 12.1. The number of aryl methyl sites for hydroxylation is 1. The topological polar surface area (TPSA) is 27.1 Å². The molecular weight excluding hydrogens is 256 g/mol. The Hall–Kier alpha value is -2.07. The van der Waals surface area contributed by atoms with E-state index in [1.807, 2.05) is 36.5 Å². The molecule has 2 heterocycles. The second-order valence-corrected chi connectivity index (χ2v) is 5.12. The summed E-state index contributed by atoms with van der Waals surface area (Å²) in [6.45, 7) is 2.08. The van der Waals surface area contributed by atoms with Crippen LogP contribution in [0.4, 0.5) is 0 Å². The lowest BCUT2D eigenvalue weighted by Gasteiger charge is -2.01. The maximum absolute atomic E-state index is 5.16. The predicted octanol–water partition coefficient (Wildman–Crippen LogP) is 3.92. The highest BCUT2D eigenvalue weighted by molar-refractivity contribution is 7.13. The van der Waals surface area contributed by atoms with E-state index in [0.29, 0.717) is 0 Å². The van der Waals surface area contributed by atoms with Crippen LogP contribution in [0.15, 0.2) is 48.0 Å². The molecule has 0 unspecified atom stereocenters. The molecule has 1 aromatic carbocycles. The van der Waals surface area contributed by atoms with E-state index in [-0.39, 0.29) is 0 Å². The Balaban J connectivity index is 1.94. The molecule has 19 heavy (non-hydrogen) atoms. The van der Waals surface area contributed by atoms with E-state index in [0.717, 1.165) is 22.1 Å². The number of aromatic nitrogens is 2. The van der Waals surface area contributed by atoms with Crippen molar-refractivity contribution in [2.24, 2.45) is 0 Å². The van der Waals surface area contributed by atoms with Gasteiger partial charge in [-0.25, -0.2) is 4.98 Å². The third-order valence-corrected chi connectivity index (χ3v) is 3.91. The molecular formula is C15H14N2OS. The minimum Gasteiger partial charge on any atom is -0.497 e. The smallest absolute Gasteiger partial charge is 0.148 e. The summed E-state index contributed by atoms with van der Waals surface area (Å²) in [4.78, 5) is 4.68. The lowest BCUT2D eigenvalue weighted by molar-refractivity contribution is 0.415. The van der Waals surface area contributed by atoms with Crippen molar-refractivity contribution in [2.75, 3.05) is 7.11 Å². The Kier molecular flexibility index (Phi) is 3.09. The van der Waals surface area contributed by atoms with Crippen LogP contribution in [-0.4, -0.2) is 16.7 Å². The maximum atomic E-state index is 5.16. The molecule has 0 aliphatic rings. The highest BCUT2D eigenvalue weighted by Crippen LogP contribution is 2.27. The molecule has 0 aliphatic heterocycles. The summed E-state index contributed by atoms with van der Waals surface area (Å²) in [7, 11) is 1.67. The van der Waals surface area contributed by atoms with Crippen molar-refractivity contribution >= 4 is 11.3 Å². The van der Waals surface area contributed by atoms with E-state index in [1.165, 1.54) is 5.69 Å². The van der Waals surface area contributed by atoms with E-state index in [9.17, 15) is 0 Å². The van der Waals surface area contributed by atoms with Crippen molar-refractivity contribution < 1.29 is 4.74 Å². The lowest BCUT2D eigenvalue weighted by atomic mass is 10.2. The highest BCUT2D eigenvalue weighted by Gasteiger charge is 2.07. The van der Waals surface area contributed by atoms with Crippen molar-refractivity contribution in [1.29, 1.82) is 0 Å². The Morgan fingerprint density at radius 2 is 1.95 bits per heavy atom. The zero-order valence-corrected chi connectivity index (χ0v) is 11.6. The summed E-state index contributed by atoms with van der Waals surface area (Å²) >= 11 is 1.65. The number of nitrogens with zero attached hydrogens (tertiary/aromatic N) is 2. The average molecular weight is 270 g/mol. The summed E-state index contributed by atoms with van der Waals surface area (Å²) in [5, 5.41) is 3.10. The molecule has 0 saturated heterocycles. The van der Waals surface area contributed by atoms with Crippen LogP contribution in [0.25, 0.3) is 16.4 Å². The SMILES string of the molecule is COc1ccc(-c2nc(-n3cccc3C)cs2)cc1. The first kappa shape index (κ1) is 12.0. The van der Waals surface area contributed by atoms with Gasteiger partial charge in [-0.05, 0) is 43.3 Å². The van der Waals surface area contributed by atoms with Crippen LogP contribution in [0.1, 0.15) is 5.69 Å². The summed E-state index contributed by atoms with van der Waals surface area (Å²) in [6.07, 6.45) is 2.03. The van der Waals surface area contributed by atoms with Crippen LogP contribution in [-0.2, 0) is 0 Å². The van der Waals surface area contributed by atoms with Crippen LogP contribution >= 0.6 is 11.3 Å². The predicted molar refractivity (Wildman–Crippen MR) is 78.2 cm³/mol. The van der Waals surface area contributed by atoms with Gasteiger partial charge < -0.3 is 9.30 Å². The minimum atomic E-state index is 0.863. The van der Waals surface area contributed by atoms with Gasteiger partial charge in [-0.15, -0.1) is 11.3 Å². The largest absolute Gasteiger partial charge is 0.497 e. The fraction of sp³-hybridized carbons (Fsp3) is 0.133. The van der Waals surface area contributed by atoms with Gasteiger partial charge in [0.05, 0.1) is 7.11 Å². The summed E-state index contributed by atoms with van der Waals surface area (Å²) < 4.78 is 7.25. The first-order chi connectivity index (χ1) is 9.28.